The molecular formula is C31H40N4O2. The fourth-order valence-electron chi connectivity index (χ4n) is 4.07. The van der Waals surface area contributed by atoms with Gasteiger partial charge in [0.1, 0.15) is 5.76 Å². The van der Waals surface area contributed by atoms with Crippen LogP contribution >= 0.6 is 0 Å². The Kier molecular flexibility index (Phi) is 11.0. The van der Waals surface area contributed by atoms with Crippen LogP contribution in [0.3, 0.4) is 0 Å². The molecule has 6 nitrogen and oxygen atoms in total. The van der Waals surface area contributed by atoms with Crippen molar-refractivity contribution in [3.05, 3.63) is 89.5 Å². The van der Waals surface area contributed by atoms with E-state index in [4.69, 9.17) is 9.47 Å². The highest BCUT2D eigenvalue weighted by molar-refractivity contribution is 5.80. The smallest absolute Gasteiger partial charge is 0.217 e. The summed E-state index contributed by atoms with van der Waals surface area (Å²) < 4.78 is 11.3. The van der Waals surface area contributed by atoms with Gasteiger partial charge in [-0.25, -0.2) is 0 Å². The van der Waals surface area contributed by atoms with Gasteiger partial charge in [-0.3, -0.25) is 5.43 Å². The average molecular weight is 501 g/mol. The minimum absolute atomic E-state index is 0.580. The van der Waals surface area contributed by atoms with E-state index in [9.17, 15) is 0 Å². The Morgan fingerprint density at radius 2 is 1.81 bits per heavy atom. The summed E-state index contributed by atoms with van der Waals surface area (Å²) in [5.41, 5.74) is 8.69. The van der Waals surface area contributed by atoms with Gasteiger partial charge >= 0.3 is 0 Å². The summed E-state index contributed by atoms with van der Waals surface area (Å²) in [7, 11) is 1.64. The summed E-state index contributed by atoms with van der Waals surface area (Å²) in [6, 6.07) is 20.6. The van der Waals surface area contributed by atoms with Gasteiger partial charge < -0.3 is 14.4 Å². The van der Waals surface area contributed by atoms with Gasteiger partial charge in [0, 0.05) is 36.5 Å². The van der Waals surface area contributed by atoms with Crippen LogP contribution in [0.5, 0.6) is 5.88 Å². The number of benzene rings is 2. The van der Waals surface area contributed by atoms with Crippen molar-refractivity contribution < 1.29 is 9.47 Å². The zero-order valence-electron chi connectivity index (χ0n) is 22.7. The molecule has 0 saturated carbocycles. The molecule has 0 atom stereocenters. The van der Waals surface area contributed by atoms with E-state index in [1.54, 1.807) is 7.11 Å². The fourth-order valence-corrected chi connectivity index (χ4v) is 4.07. The number of hydrogen-bond acceptors (Lipinski definition) is 6. The van der Waals surface area contributed by atoms with Gasteiger partial charge in [0.05, 0.1) is 19.9 Å². The molecule has 3 aromatic rings. The third-order valence-corrected chi connectivity index (χ3v) is 5.96. The van der Waals surface area contributed by atoms with Crippen LogP contribution in [-0.2, 0) is 11.2 Å². The van der Waals surface area contributed by atoms with Gasteiger partial charge in [0.2, 0.25) is 5.88 Å². The molecule has 6 heteroatoms. The number of hydrazone groups is 1. The van der Waals surface area contributed by atoms with Gasteiger partial charge in [0.25, 0.3) is 0 Å². The van der Waals surface area contributed by atoms with Crippen LogP contribution in [0.1, 0.15) is 55.4 Å². The Balaban J connectivity index is 1.67. The summed E-state index contributed by atoms with van der Waals surface area (Å²) in [5, 5.41) is 4.42. The quantitative estimate of drug-likeness (QED) is 0.104. The molecule has 0 amide bonds. The van der Waals surface area contributed by atoms with E-state index < -0.39 is 0 Å². The normalized spacial score (nSPS) is 10.9. The lowest BCUT2D eigenvalue weighted by Crippen LogP contribution is -2.25. The summed E-state index contributed by atoms with van der Waals surface area (Å²) in [5.74, 6) is 1.95. The first-order valence-electron chi connectivity index (χ1n) is 13.1. The summed E-state index contributed by atoms with van der Waals surface area (Å²) >= 11 is 0. The van der Waals surface area contributed by atoms with Gasteiger partial charge in [-0.1, -0.05) is 74.5 Å². The number of rotatable bonds is 15. The Hall–Kier alpha value is -3.80. The summed E-state index contributed by atoms with van der Waals surface area (Å²) in [6.45, 7) is 12.9. The SMILES string of the molecule is C=C(OC)c1ccc(CCCOc2cc(N(CCC)CCC)cc(N/N=C/c3cccc(C)c3)n2)cc1. The highest BCUT2D eigenvalue weighted by Crippen LogP contribution is 2.25. The number of anilines is 2. The Morgan fingerprint density at radius 1 is 1.05 bits per heavy atom. The maximum atomic E-state index is 6.11. The van der Waals surface area contributed by atoms with Gasteiger partial charge in [-0.2, -0.15) is 10.1 Å². The number of nitrogens with zero attached hydrogens (tertiary/aromatic N) is 3. The number of ether oxygens (including phenoxy) is 2. The minimum atomic E-state index is 0.580. The number of aromatic nitrogens is 1. The van der Waals surface area contributed by atoms with Crippen molar-refractivity contribution in [3.8, 4) is 5.88 Å². The van der Waals surface area contributed by atoms with Crippen molar-refractivity contribution >= 4 is 23.5 Å². The predicted octanol–water partition coefficient (Wildman–Crippen LogP) is 7.09. The van der Waals surface area contributed by atoms with Gasteiger partial charge in [-0.15, -0.1) is 0 Å². The highest BCUT2D eigenvalue weighted by Gasteiger charge is 2.10. The first-order chi connectivity index (χ1) is 18.0. The lowest BCUT2D eigenvalue weighted by molar-refractivity contribution is 0.300. The van der Waals surface area contributed by atoms with Crippen LogP contribution in [0.25, 0.3) is 5.76 Å². The largest absolute Gasteiger partial charge is 0.497 e. The second-order valence-electron chi connectivity index (χ2n) is 9.10. The molecule has 0 bridgehead atoms. The van der Waals surface area contributed by atoms with Crippen LogP contribution in [0.2, 0.25) is 0 Å². The van der Waals surface area contributed by atoms with Gasteiger partial charge in [0.15, 0.2) is 5.82 Å². The van der Waals surface area contributed by atoms with E-state index in [-0.39, 0.29) is 0 Å². The van der Waals surface area contributed by atoms with Crippen molar-refractivity contribution in [1.29, 1.82) is 0 Å². The van der Waals surface area contributed by atoms with Crippen molar-refractivity contribution in [3.63, 3.8) is 0 Å². The Labute approximate surface area is 222 Å². The molecule has 3 rings (SSSR count). The molecule has 0 radical (unpaired) electrons. The third kappa shape index (κ3) is 8.98. The number of nitrogens with one attached hydrogen (secondary N) is 1. The van der Waals surface area contributed by atoms with Crippen LogP contribution in [0.15, 0.2) is 72.3 Å². The average Bonchev–Trinajstić information content (AvgIpc) is 2.91. The second-order valence-corrected chi connectivity index (χ2v) is 9.10. The van der Waals surface area contributed by atoms with Crippen LogP contribution in [-0.4, -0.2) is 38.0 Å². The van der Waals surface area contributed by atoms with Crippen LogP contribution in [0.4, 0.5) is 11.5 Å². The lowest BCUT2D eigenvalue weighted by atomic mass is 10.1. The van der Waals surface area contributed by atoms with Crippen molar-refractivity contribution in [2.24, 2.45) is 5.10 Å². The topological polar surface area (TPSA) is 59.0 Å². The Morgan fingerprint density at radius 3 is 2.49 bits per heavy atom. The molecule has 0 aliphatic rings. The van der Waals surface area contributed by atoms with E-state index in [1.807, 2.05) is 42.6 Å². The first-order valence-corrected chi connectivity index (χ1v) is 13.1. The van der Waals surface area contributed by atoms with Crippen LogP contribution < -0.4 is 15.1 Å². The van der Waals surface area contributed by atoms with E-state index in [1.165, 1.54) is 11.1 Å². The zero-order valence-corrected chi connectivity index (χ0v) is 22.7. The van der Waals surface area contributed by atoms with E-state index in [2.05, 4.69) is 72.0 Å². The van der Waals surface area contributed by atoms with Crippen molar-refractivity contribution in [2.75, 3.05) is 37.1 Å². The van der Waals surface area contributed by atoms with Crippen molar-refractivity contribution in [1.82, 2.24) is 4.98 Å². The van der Waals surface area contributed by atoms with E-state index in [0.717, 1.165) is 55.6 Å². The number of pyridine rings is 1. The molecule has 2 aromatic carbocycles. The van der Waals surface area contributed by atoms with Crippen LogP contribution in [0, 0.1) is 6.92 Å². The van der Waals surface area contributed by atoms with E-state index in [0.29, 0.717) is 24.1 Å². The molecule has 1 heterocycles. The molecular weight excluding hydrogens is 460 g/mol. The summed E-state index contributed by atoms with van der Waals surface area (Å²) in [4.78, 5) is 7.05. The molecule has 1 aromatic heterocycles. The molecule has 0 aliphatic heterocycles. The zero-order chi connectivity index (χ0) is 26.5. The molecule has 1 N–H and O–H groups in total. The second kappa shape index (κ2) is 14.7. The number of methoxy groups -OCH3 is 1. The Bertz CT molecular complexity index is 1150. The number of hydrogen-bond donors (Lipinski definition) is 1. The molecule has 0 spiro atoms. The predicted molar refractivity (Wildman–Crippen MR) is 156 cm³/mol. The van der Waals surface area contributed by atoms with E-state index >= 15 is 0 Å². The molecule has 0 saturated heterocycles. The maximum absolute atomic E-state index is 6.11. The first kappa shape index (κ1) is 27.8. The molecule has 0 unspecified atom stereocenters. The fraction of sp³-hybridized carbons (Fsp3) is 0.355. The van der Waals surface area contributed by atoms with Gasteiger partial charge in [-0.05, 0) is 43.7 Å². The number of aryl methyl sites for hydroxylation is 2. The monoisotopic (exact) mass is 500 g/mol. The third-order valence-electron chi connectivity index (χ3n) is 5.96. The van der Waals surface area contributed by atoms with Crippen molar-refractivity contribution in [2.45, 2.75) is 46.5 Å². The molecule has 0 fully saturated rings. The standard InChI is InChI=1S/C31H40N4O2/c1-6-17-35(18-7-2)29-21-30(34-32-23-27-11-8-10-24(3)20-27)33-31(22-29)37-19-9-12-26-13-15-28(16-14-26)25(4)36-5/h8,10-11,13-16,20-23H,4,6-7,9,12,17-19H2,1-3,5H3,(H,33,34)/b32-23+. The molecule has 37 heavy (non-hydrogen) atoms. The minimum Gasteiger partial charge on any atom is -0.497 e. The molecule has 0 aliphatic carbocycles. The summed E-state index contributed by atoms with van der Waals surface area (Å²) in [6.07, 6.45) is 5.76. The highest BCUT2D eigenvalue weighted by atomic mass is 16.5. The lowest BCUT2D eigenvalue weighted by Gasteiger charge is -2.24. The molecule has 196 valence electrons. The maximum Gasteiger partial charge on any atom is 0.217 e.